The Morgan fingerprint density at radius 3 is 2.60 bits per heavy atom. The van der Waals surface area contributed by atoms with E-state index in [1.165, 1.54) is 5.56 Å². The highest BCUT2D eigenvalue weighted by atomic mass is 79.9. The van der Waals surface area contributed by atoms with Gasteiger partial charge in [0.15, 0.2) is 0 Å². The smallest absolute Gasteiger partial charge is 0.121 e. The molecule has 0 aliphatic rings. The van der Waals surface area contributed by atoms with Crippen LogP contribution in [0.4, 0.5) is 5.82 Å². The van der Waals surface area contributed by atoms with Crippen molar-refractivity contribution in [2.75, 3.05) is 5.73 Å². The van der Waals surface area contributed by atoms with Gasteiger partial charge in [-0.15, -0.1) is 0 Å². The molecule has 1 heterocycles. The fraction of sp³-hybridized carbons (Fsp3) is 0.182. The molecule has 0 bridgehead atoms. The van der Waals surface area contributed by atoms with E-state index in [0.29, 0.717) is 5.82 Å². The van der Waals surface area contributed by atoms with E-state index in [2.05, 4.69) is 40.1 Å². The predicted octanol–water partition coefficient (Wildman–Crippen LogP) is 2.74. The summed E-state index contributed by atoms with van der Waals surface area (Å²) >= 11 is 3.53. The van der Waals surface area contributed by atoms with E-state index in [0.717, 1.165) is 15.7 Å². The number of aromatic nitrogens is 2. The van der Waals surface area contributed by atoms with Gasteiger partial charge >= 0.3 is 0 Å². The maximum absolute atomic E-state index is 5.74. The normalized spacial score (nSPS) is 10.6. The summed E-state index contributed by atoms with van der Waals surface area (Å²) in [5, 5.41) is 4.33. The van der Waals surface area contributed by atoms with Crippen molar-refractivity contribution in [3.63, 3.8) is 0 Å². The summed E-state index contributed by atoms with van der Waals surface area (Å²) in [5.41, 5.74) is 8.91. The van der Waals surface area contributed by atoms with E-state index in [1.54, 1.807) is 4.68 Å². The molecule has 0 saturated heterocycles. The Labute approximate surface area is 97.0 Å². The molecule has 0 aliphatic carbocycles. The topological polar surface area (TPSA) is 43.8 Å². The summed E-state index contributed by atoms with van der Waals surface area (Å²) in [4.78, 5) is 0. The molecule has 1 aromatic heterocycles. The fourth-order valence-corrected chi connectivity index (χ4v) is 2.14. The summed E-state index contributed by atoms with van der Waals surface area (Å²) in [6.07, 6.45) is 0. The zero-order valence-electron chi connectivity index (χ0n) is 8.66. The van der Waals surface area contributed by atoms with E-state index < -0.39 is 0 Å². The predicted molar refractivity (Wildman–Crippen MR) is 65.5 cm³/mol. The van der Waals surface area contributed by atoms with Crippen LogP contribution in [0.3, 0.4) is 0 Å². The first kappa shape index (κ1) is 10.2. The second-order valence-corrected chi connectivity index (χ2v) is 4.42. The lowest BCUT2D eigenvalue weighted by molar-refractivity contribution is 0.782. The van der Waals surface area contributed by atoms with Gasteiger partial charge in [0.1, 0.15) is 5.82 Å². The summed E-state index contributed by atoms with van der Waals surface area (Å²) in [5.74, 6) is 0.664. The van der Waals surface area contributed by atoms with Crippen LogP contribution in [0, 0.1) is 6.92 Å². The number of aryl methyl sites for hydroxylation is 2. The van der Waals surface area contributed by atoms with Gasteiger partial charge in [0.25, 0.3) is 0 Å². The number of benzene rings is 1. The maximum atomic E-state index is 5.74. The van der Waals surface area contributed by atoms with E-state index in [-0.39, 0.29) is 0 Å². The van der Waals surface area contributed by atoms with Gasteiger partial charge < -0.3 is 5.73 Å². The van der Waals surface area contributed by atoms with Crippen molar-refractivity contribution in [1.82, 2.24) is 9.78 Å². The van der Waals surface area contributed by atoms with Crippen LogP contribution >= 0.6 is 15.9 Å². The molecule has 15 heavy (non-hydrogen) atoms. The lowest BCUT2D eigenvalue weighted by Gasteiger charge is -2.01. The van der Waals surface area contributed by atoms with Crippen LogP contribution in [-0.4, -0.2) is 9.78 Å². The van der Waals surface area contributed by atoms with Gasteiger partial charge in [-0.2, -0.15) is 5.10 Å². The van der Waals surface area contributed by atoms with Crippen molar-refractivity contribution in [1.29, 1.82) is 0 Å². The molecule has 0 saturated carbocycles. The van der Waals surface area contributed by atoms with Gasteiger partial charge in [0, 0.05) is 23.2 Å². The molecular weight excluding hydrogens is 254 g/mol. The number of halogens is 1. The van der Waals surface area contributed by atoms with Gasteiger partial charge in [0.2, 0.25) is 0 Å². The third-order valence-corrected chi connectivity index (χ3v) is 2.97. The number of nitrogens with two attached hydrogens (primary N) is 1. The van der Waals surface area contributed by atoms with Crippen LogP contribution in [0.15, 0.2) is 28.7 Å². The third kappa shape index (κ3) is 1.90. The minimum atomic E-state index is 0.664. The highest BCUT2D eigenvalue weighted by molar-refractivity contribution is 9.10. The standard InChI is InChI=1S/C11H12BrN3/c1-7-3-4-8(9(12)5-7)10-6-11(13)15(2)14-10/h3-6H,13H2,1-2H3. The van der Waals surface area contributed by atoms with E-state index >= 15 is 0 Å². The molecule has 4 heteroatoms. The van der Waals surface area contributed by atoms with Crippen molar-refractivity contribution in [2.24, 2.45) is 7.05 Å². The van der Waals surface area contributed by atoms with E-state index in [9.17, 15) is 0 Å². The molecule has 0 radical (unpaired) electrons. The van der Waals surface area contributed by atoms with Crippen molar-refractivity contribution in [2.45, 2.75) is 6.92 Å². The Morgan fingerprint density at radius 2 is 2.07 bits per heavy atom. The molecule has 0 aliphatic heterocycles. The molecule has 0 fully saturated rings. The molecule has 3 nitrogen and oxygen atoms in total. The lowest BCUT2D eigenvalue weighted by atomic mass is 10.1. The number of anilines is 1. The highest BCUT2D eigenvalue weighted by Gasteiger charge is 2.08. The second-order valence-electron chi connectivity index (χ2n) is 3.56. The first-order chi connectivity index (χ1) is 7.08. The van der Waals surface area contributed by atoms with E-state index in [4.69, 9.17) is 5.73 Å². The minimum absolute atomic E-state index is 0.664. The average Bonchev–Trinajstić information content (AvgIpc) is 2.46. The third-order valence-electron chi connectivity index (χ3n) is 2.32. The van der Waals surface area contributed by atoms with Crippen LogP contribution in [0.1, 0.15) is 5.56 Å². The highest BCUT2D eigenvalue weighted by Crippen LogP contribution is 2.28. The Bertz CT molecular complexity index is 483. The maximum Gasteiger partial charge on any atom is 0.121 e. The molecule has 0 unspecified atom stereocenters. The van der Waals surface area contributed by atoms with Crippen molar-refractivity contribution in [3.8, 4) is 11.3 Å². The molecular formula is C11H12BrN3. The molecule has 1 aromatic carbocycles. The summed E-state index contributed by atoms with van der Waals surface area (Å²) in [6, 6.07) is 8.04. The monoisotopic (exact) mass is 265 g/mol. The number of hydrogen-bond donors (Lipinski definition) is 1. The van der Waals surface area contributed by atoms with Gasteiger partial charge in [-0.3, -0.25) is 4.68 Å². The molecule has 0 spiro atoms. The van der Waals surface area contributed by atoms with Crippen LogP contribution in [0.5, 0.6) is 0 Å². The zero-order valence-corrected chi connectivity index (χ0v) is 10.2. The summed E-state index contributed by atoms with van der Waals surface area (Å²) in [6.45, 7) is 2.06. The second kappa shape index (κ2) is 3.70. The molecule has 0 amide bonds. The Morgan fingerprint density at radius 1 is 1.33 bits per heavy atom. The first-order valence-electron chi connectivity index (χ1n) is 4.64. The number of nitrogens with zero attached hydrogens (tertiary/aromatic N) is 2. The number of rotatable bonds is 1. The van der Waals surface area contributed by atoms with Crippen molar-refractivity contribution < 1.29 is 0 Å². The van der Waals surface area contributed by atoms with Gasteiger partial charge in [-0.05, 0) is 18.6 Å². The number of hydrogen-bond acceptors (Lipinski definition) is 2. The quantitative estimate of drug-likeness (QED) is 0.862. The first-order valence-corrected chi connectivity index (χ1v) is 5.43. The van der Waals surface area contributed by atoms with Crippen LogP contribution in [-0.2, 0) is 7.05 Å². The molecule has 2 rings (SSSR count). The Kier molecular flexibility index (Phi) is 2.52. The van der Waals surface area contributed by atoms with Crippen molar-refractivity contribution in [3.05, 3.63) is 34.3 Å². The van der Waals surface area contributed by atoms with Gasteiger partial charge in [-0.1, -0.05) is 28.1 Å². The lowest BCUT2D eigenvalue weighted by Crippen LogP contribution is -1.96. The number of nitrogen functional groups attached to an aromatic ring is 1. The van der Waals surface area contributed by atoms with Crippen LogP contribution < -0.4 is 5.73 Å². The summed E-state index contributed by atoms with van der Waals surface area (Å²) < 4.78 is 2.71. The van der Waals surface area contributed by atoms with Gasteiger partial charge in [-0.25, -0.2) is 0 Å². The van der Waals surface area contributed by atoms with Crippen molar-refractivity contribution >= 4 is 21.7 Å². The minimum Gasteiger partial charge on any atom is -0.384 e. The average molecular weight is 266 g/mol. The van der Waals surface area contributed by atoms with Crippen LogP contribution in [0.2, 0.25) is 0 Å². The molecule has 2 aromatic rings. The zero-order chi connectivity index (χ0) is 11.0. The largest absolute Gasteiger partial charge is 0.384 e. The van der Waals surface area contributed by atoms with Crippen LogP contribution in [0.25, 0.3) is 11.3 Å². The molecule has 78 valence electrons. The SMILES string of the molecule is Cc1ccc(-c2cc(N)n(C)n2)c(Br)c1. The molecule has 0 atom stereocenters. The molecule has 2 N–H and O–H groups in total. The Hall–Kier alpha value is -1.29. The summed E-state index contributed by atoms with van der Waals surface area (Å²) in [7, 11) is 1.83. The fourth-order valence-electron chi connectivity index (χ4n) is 1.44. The Balaban J connectivity index is 2.54. The van der Waals surface area contributed by atoms with E-state index in [1.807, 2.05) is 19.2 Å². The van der Waals surface area contributed by atoms with Gasteiger partial charge in [0.05, 0.1) is 5.69 Å².